The molecule has 0 spiro atoms. The molecule has 0 saturated heterocycles. The van der Waals surface area contributed by atoms with Crippen LogP contribution in [0.3, 0.4) is 0 Å². The van der Waals surface area contributed by atoms with E-state index in [4.69, 9.17) is 4.74 Å². The molecule has 0 amide bonds. The molecule has 5 rings (SSSR count). The fraction of sp³-hybridized carbons (Fsp3) is 0.783. The molecule has 4 nitrogen and oxygen atoms in total. The topological polar surface area (TPSA) is 66.8 Å². The second-order valence-electron chi connectivity index (χ2n) is 10.3. The monoisotopic (exact) mass is 372 g/mol. The number of esters is 1. The van der Waals surface area contributed by atoms with Gasteiger partial charge in [-0.1, -0.05) is 25.5 Å². The van der Waals surface area contributed by atoms with Crippen LogP contribution in [0.2, 0.25) is 0 Å². The lowest BCUT2D eigenvalue weighted by Gasteiger charge is -2.61. The summed E-state index contributed by atoms with van der Waals surface area (Å²) >= 11 is 0. The predicted octanol–water partition coefficient (Wildman–Crippen LogP) is 3.52. The third-order valence-electron chi connectivity index (χ3n) is 9.41. The van der Waals surface area contributed by atoms with Crippen molar-refractivity contribution in [2.45, 2.75) is 76.9 Å². The van der Waals surface area contributed by atoms with Gasteiger partial charge in [-0.25, -0.2) is 4.79 Å². The number of hydrogen-bond acceptors (Lipinski definition) is 4. The van der Waals surface area contributed by atoms with Crippen molar-refractivity contribution < 1.29 is 19.7 Å². The first-order valence-electron chi connectivity index (χ1n) is 10.8. The smallest absolute Gasteiger partial charge is 0.331 e. The molecule has 3 fully saturated rings. The maximum Gasteiger partial charge on any atom is 0.331 e. The zero-order valence-corrected chi connectivity index (χ0v) is 16.5. The Bertz CT molecular complexity index is 739. The summed E-state index contributed by atoms with van der Waals surface area (Å²) in [6, 6.07) is 0. The molecule has 3 saturated carbocycles. The Morgan fingerprint density at radius 3 is 2.63 bits per heavy atom. The van der Waals surface area contributed by atoms with E-state index in [1.807, 2.05) is 0 Å². The first-order chi connectivity index (χ1) is 12.8. The second kappa shape index (κ2) is 5.70. The largest absolute Gasteiger partial charge is 0.458 e. The van der Waals surface area contributed by atoms with Gasteiger partial charge in [0.1, 0.15) is 6.61 Å². The number of allylic oxidation sites excluding steroid dienone is 1. The average molecular weight is 373 g/mol. The minimum atomic E-state index is -0.655. The number of aliphatic hydroxyl groups excluding tert-OH is 1. The molecule has 5 aliphatic rings. The lowest BCUT2D eigenvalue weighted by molar-refractivity contribution is -0.181. The molecule has 4 aliphatic carbocycles. The quantitative estimate of drug-likeness (QED) is 0.546. The number of carbonyl (C=O) groups is 1. The lowest BCUT2D eigenvalue weighted by atomic mass is 9.45. The summed E-state index contributed by atoms with van der Waals surface area (Å²) < 4.78 is 5.19. The van der Waals surface area contributed by atoms with Crippen molar-refractivity contribution in [3.63, 3.8) is 0 Å². The third-order valence-corrected chi connectivity index (χ3v) is 9.41. The van der Waals surface area contributed by atoms with Crippen LogP contribution in [0.1, 0.15) is 65.2 Å². The van der Waals surface area contributed by atoms with Crippen molar-refractivity contribution in [1.82, 2.24) is 0 Å². The van der Waals surface area contributed by atoms with Crippen LogP contribution in [0, 0.1) is 28.6 Å². The van der Waals surface area contributed by atoms with E-state index in [0.717, 1.165) is 56.9 Å². The maximum atomic E-state index is 12.1. The van der Waals surface area contributed by atoms with E-state index in [0.29, 0.717) is 18.4 Å². The van der Waals surface area contributed by atoms with Gasteiger partial charge in [0.05, 0.1) is 11.7 Å². The van der Waals surface area contributed by atoms with Gasteiger partial charge in [0, 0.05) is 11.5 Å². The zero-order chi connectivity index (χ0) is 19.0. The summed E-state index contributed by atoms with van der Waals surface area (Å²) in [6.07, 6.45) is 11.3. The van der Waals surface area contributed by atoms with E-state index in [9.17, 15) is 15.0 Å². The van der Waals surface area contributed by atoms with Crippen molar-refractivity contribution in [3.05, 3.63) is 23.3 Å². The zero-order valence-electron chi connectivity index (χ0n) is 16.5. The number of fused-ring (bicyclic) bond motifs is 5. The SMILES string of the molecule is CC12CCC(O)C=C1CCC1C2CCC2(C)C(C3=CC(=O)OC3)CCC12O. The van der Waals surface area contributed by atoms with Crippen LogP contribution >= 0.6 is 0 Å². The molecule has 7 unspecified atom stereocenters. The van der Waals surface area contributed by atoms with Gasteiger partial charge in [0.2, 0.25) is 0 Å². The highest BCUT2D eigenvalue weighted by molar-refractivity contribution is 5.85. The first-order valence-corrected chi connectivity index (χ1v) is 10.8. The molecule has 2 N–H and O–H groups in total. The molecule has 27 heavy (non-hydrogen) atoms. The van der Waals surface area contributed by atoms with Gasteiger partial charge < -0.3 is 14.9 Å². The van der Waals surface area contributed by atoms with E-state index < -0.39 is 5.60 Å². The number of aliphatic hydroxyl groups is 2. The number of hydrogen-bond donors (Lipinski definition) is 2. The number of ether oxygens (including phenoxy) is 1. The highest BCUT2D eigenvalue weighted by atomic mass is 16.5. The normalized spacial score (nSPS) is 51.6. The Morgan fingerprint density at radius 2 is 1.89 bits per heavy atom. The minimum absolute atomic E-state index is 0.128. The van der Waals surface area contributed by atoms with E-state index in [1.165, 1.54) is 5.57 Å². The summed E-state index contributed by atoms with van der Waals surface area (Å²) in [5, 5.41) is 22.2. The molecule has 1 aliphatic heterocycles. The van der Waals surface area contributed by atoms with Crippen LogP contribution in [-0.2, 0) is 9.53 Å². The number of cyclic esters (lactones) is 1. The molecule has 148 valence electrons. The fourth-order valence-electron chi connectivity index (χ4n) is 7.86. The molecular formula is C23H32O4. The Kier molecular flexibility index (Phi) is 3.78. The van der Waals surface area contributed by atoms with Gasteiger partial charge in [0.15, 0.2) is 0 Å². The number of rotatable bonds is 1. The molecule has 0 bridgehead atoms. The third kappa shape index (κ3) is 2.26. The van der Waals surface area contributed by atoms with Crippen molar-refractivity contribution >= 4 is 5.97 Å². The van der Waals surface area contributed by atoms with Crippen LogP contribution in [0.4, 0.5) is 0 Å². The summed E-state index contributed by atoms with van der Waals surface area (Å²) in [4.78, 5) is 11.6. The lowest BCUT2D eigenvalue weighted by Crippen LogP contribution is -2.60. The van der Waals surface area contributed by atoms with Crippen LogP contribution in [-0.4, -0.2) is 34.5 Å². The molecule has 0 aromatic rings. The van der Waals surface area contributed by atoms with Crippen molar-refractivity contribution in [2.75, 3.05) is 6.61 Å². The highest BCUT2D eigenvalue weighted by Crippen LogP contribution is 2.69. The van der Waals surface area contributed by atoms with Gasteiger partial charge in [0.25, 0.3) is 0 Å². The standard InChI is InChI=1S/C23H32O4/c1-21-8-5-16(24)12-15(21)3-4-19-18(21)6-9-22(2)17(7-10-23(19,22)26)14-11-20(25)27-13-14/h11-12,16-19,24,26H,3-10,13H2,1-2H3. The Morgan fingerprint density at radius 1 is 1.07 bits per heavy atom. The van der Waals surface area contributed by atoms with Crippen molar-refractivity contribution in [2.24, 2.45) is 28.6 Å². The molecule has 0 radical (unpaired) electrons. The Balaban J connectivity index is 1.50. The fourth-order valence-corrected chi connectivity index (χ4v) is 7.86. The second-order valence-corrected chi connectivity index (χ2v) is 10.3. The summed E-state index contributed by atoms with van der Waals surface area (Å²) in [7, 11) is 0. The van der Waals surface area contributed by atoms with Crippen LogP contribution in [0.15, 0.2) is 23.3 Å². The predicted molar refractivity (Wildman–Crippen MR) is 102 cm³/mol. The van der Waals surface area contributed by atoms with Crippen molar-refractivity contribution in [3.8, 4) is 0 Å². The summed E-state index contributed by atoms with van der Waals surface area (Å²) in [5.74, 6) is 0.848. The maximum absolute atomic E-state index is 12.1. The molecule has 0 aromatic carbocycles. The van der Waals surface area contributed by atoms with E-state index in [2.05, 4.69) is 19.9 Å². The Labute approximate surface area is 161 Å². The molecule has 1 heterocycles. The van der Waals surface area contributed by atoms with Crippen molar-refractivity contribution in [1.29, 1.82) is 0 Å². The van der Waals surface area contributed by atoms with E-state index >= 15 is 0 Å². The summed E-state index contributed by atoms with van der Waals surface area (Å²) in [5.41, 5.74) is 1.84. The van der Waals surface area contributed by atoms with Crippen LogP contribution in [0.5, 0.6) is 0 Å². The Hall–Kier alpha value is -1.13. The van der Waals surface area contributed by atoms with E-state index in [-0.39, 0.29) is 28.8 Å². The first kappa shape index (κ1) is 17.9. The van der Waals surface area contributed by atoms with Crippen LogP contribution in [0.25, 0.3) is 0 Å². The van der Waals surface area contributed by atoms with Gasteiger partial charge in [-0.2, -0.15) is 0 Å². The molecule has 0 aromatic heterocycles. The van der Waals surface area contributed by atoms with Gasteiger partial charge in [-0.15, -0.1) is 0 Å². The molecule has 4 heteroatoms. The van der Waals surface area contributed by atoms with Gasteiger partial charge in [-0.3, -0.25) is 0 Å². The number of carbonyl (C=O) groups excluding carboxylic acids is 1. The molecular weight excluding hydrogens is 340 g/mol. The van der Waals surface area contributed by atoms with E-state index in [1.54, 1.807) is 6.08 Å². The van der Waals surface area contributed by atoms with Gasteiger partial charge in [-0.05, 0) is 80.1 Å². The van der Waals surface area contributed by atoms with Gasteiger partial charge >= 0.3 is 5.97 Å². The van der Waals surface area contributed by atoms with Crippen LogP contribution < -0.4 is 0 Å². The molecule has 7 atom stereocenters. The average Bonchev–Trinajstić information content (AvgIpc) is 3.16. The minimum Gasteiger partial charge on any atom is -0.458 e. The summed E-state index contributed by atoms with van der Waals surface area (Å²) in [6.45, 7) is 5.06. The highest BCUT2D eigenvalue weighted by Gasteiger charge is 2.67.